The predicted molar refractivity (Wildman–Crippen MR) is 68.3 cm³/mol. The lowest BCUT2D eigenvalue weighted by Crippen LogP contribution is -2.70. The number of alkyl halides is 1. The smallest absolute Gasteiger partial charge is 0.311 e. The van der Waals surface area contributed by atoms with Gasteiger partial charge in [0.1, 0.15) is 6.17 Å². The second kappa shape index (κ2) is 4.18. The second-order valence-electron chi connectivity index (χ2n) is 7.19. The van der Waals surface area contributed by atoms with Gasteiger partial charge in [0.2, 0.25) is 12.1 Å². The number of esters is 1. The Morgan fingerprint density at radius 1 is 1.24 bits per heavy atom. The highest BCUT2D eigenvalue weighted by molar-refractivity contribution is 5.74. The lowest BCUT2D eigenvalue weighted by Gasteiger charge is -2.58. The van der Waals surface area contributed by atoms with E-state index < -0.39 is 29.8 Å². The van der Waals surface area contributed by atoms with E-state index in [1.807, 2.05) is 6.92 Å². The van der Waals surface area contributed by atoms with Crippen LogP contribution in [0.1, 0.15) is 40.0 Å². The molecule has 1 aliphatic carbocycles. The van der Waals surface area contributed by atoms with E-state index in [9.17, 15) is 9.18 Å². The van der Waals surface area contributed by atoms with E-state index in [2.05, 4.69) is 0 Å². The highest BCUT2D eigenvalue weighted by Crippen LogP contribution is 2.60. The molecule has 0 aromatic heterocycles. The first-order valence-corrected chi connectivity index (χ1v) is 7.76. The summed E-state index contributed by atoms with van der Waals surface area (Å²) in [7, 11) is 0. The van der Waals surface area contributed by atoms with E-state index in [0.717, 1.165) is 6.42 Å². The summed E-state index contributed by atoms with van der Waals surface area (Å²) in [6.07, 6.45) is -0.102. The van der Waals surface area contributed by atoms with E-state index in [0.29, 0.717) is 6.42 Å². The van der Waals surface area contributed by atoms with E-state index in [-0.39, 0.29) is 30.1 Å². The summed E-state index contributed by atoms with van der Waals surface area (Å²) in [4.78, 5) is 23.5. The first-order valence-electron chi connectivity index (χ1n) is 7.76. The van der Waals surface area contributed by atoms with E-state index in [1.165, 1.54) is 0 Å². The van der Waals surface area contributed by atoms with Gasteiger partial charge in [-0.3, -0.25) is 4.79 Å². The van der Waals surface area contributed by atoms with Gasteiger partial charge >= 0.3 is 5.97 Å². The maximum Gasteiger partial charge on any atom is 0.311 e. The Morgan fingerprint density at radius 3 is 2.76 bits per heavy atom. The van der Waals surface area contributed by atoms with Crippen molar-refractivity contribution in [1.29, 1.82) is 0 Å². The Kier molecular flexibility index (Phi) is 2.77. The molecule has 21 heavy (non-hydrogen) atoms. The van der Waals surface area contributed by atoms with Gasteiger partial charge in [0.15, 0.2) is 5.60 Å². The summed E-state index contributed by atoms with van der Waals surface area (Å²) in [5.74, 6) is -2.19. The largest absolute Gasteiger partial charge is 0.432 e. The van der Waals surface area contributed by atoms with Gasteiger partial charge in [-0.15, -0.1) is 0 Å². The zero-order chi connectivity index (χ0) is 15.0. The lowest BCUT2D eigenvalue weighted by molar-refractivity contribution is -0.560. The molecule has 0 N–H and O–H groups in total. The third-order valence-electron chi connectivity index (χ3n) is 6.04. The molecule has 5 aliphatic rings. The number of carbonyl (C=O) groups excluding carboxylic acids is 1. The predicted octanol–water partition coefficient (Wildman–Crippen LogP) is 2.34. The molecule has 6 heteroatoms. The molecule has 4 saturated heterocycles. The minimum Gasteiger partial charge on any atom is -0.432 e. The molecule has 4 heterocycles. The van der Waals surface area contributed by atoms with Crippen molar-refractivity contribution < 1.29 is 28.4 Å². The summed E-state index contributed by atoms with van der Waals surface area (Å²) in [5, 5.41) is 0. The fourth-order valence-corrected chi connectivity index (χ4v) is 4.69. The van der Waals surface area contributed by atoms with Crippen LogP contribution in [0.2, 0.25) is 0 Å². The average molecular weight is 300 g/mol. The van der Waals surface area contributed by atoms with Gasteiger partial charge in [0.25, 0.3) is 0 Å². The summed E-state index contributed by atoms with van der Waals surface area (Å²) < 4.78 is 25.9. The quantitative estimate of drug-likeness (QED) is 0.508. The number of fused-ring (bicyclic) bond motifs is 2. The maximum atomic E-state index is 14.5. The van der Waals surface area contributed by atoms with Gasteiger partial charge in [-0.05, 0) is 25.7 Å². The van der Waals surface area contributed by atoms with Crippen LogP contribution in [0.15, 0.2) is 0 Å². The van der Waals surface area contributed by atoms with Crippen molar-refractivity contribution in [2.45, 2.75) is 63.9 Å². The third-order valence-corrected chi connectivity index (χ3v) is 6.04. The molecule has 5 nitrogen and oxygen atoms in total. The molecular formula is C15H21FO5. The van der Waals surface area contributed by atoms with Crippen molar-refractivity contribution in [1.82, 2.24) is 0 Å². The Hall–Kier alpha value is -0.720. The molecule has 0 aromatic rings. The summed E-state index contributed by atoms with van der Waals surface area (Å²) in [5.41, 5.74) is -0.870. The number of rotatable bonds is 0. The topological polar surface area (TPSA) is 54.0 Å². The minimum absolute atomic E-state index is 0.0730. The first kappa shape index (κ1) is 13.9. The first-order chi connectivity index (χ1) is 9.87. The fourth-order valence-electron chi connectivity index (χ4n) is 4.69. The van der Waals surface area contributed by atoms with Crippen LogP contribution in [0.5, 0.6) is 0 Å². The molecule has 5 fully saturated rings. The van der Waals surface area contributed by atoms with Crippen molar-refractivity contribution in [3.8, 4) is 0 Å². The molecule has 0 amide bonds. The normalized spacial score (nSPS) is 59.1. The van der Waals surface area contributed by atoms with Gasteiger partial charge < -0.3 is 9.47 Å². The fraction of sp³-hybridized carbons (Fsp3) is 0.933. The van der Waals surface area contributed by atoms with Crippen molar-refractivity contribution in [3.05, 3.63) is 0 Å². The number of hydrogen-bond donors (Lipinski definition) is 0. The third kappa shape index (κ3) is 1.64. The van der Waals surface area contributed by atoms with E-state index >= 15 is 0 Å². The summed E-state index contributed by atoms with van der Waals surface area (Å²) in [6, 6.07) is 0. The Bertz CT molecular complexity index is 481. The van der Waals surface area contributed by atoms with Crippen molar-refractivity contribution in [2.24, 2.45) is 23.7 Å². The molecule has 2 unspecified atom stereocenters. The molecule has 5 rings (SSSR count). The maximum absolute atomic E-state index is 14.5. The SMILES string of the molecule is C[C@H]1C(=O)O[C@@H]2O[C@]3(C)CCC4[C@H](C)[C@H](F)CC1[C@]42OO3. The zero-order valence-corrected chi connectivity index (χ0v) is 12.5. The van der Waals surface area contributed by atoms with Crippen LogP contribution in [0, 0.1) is 23.7 Å². The molecule has 1 spiro atoms. The molecule has 0 radical (unpaired) electrons. The van der Waals surface area contributed by atoms with Crippen LogP contribution in [0.4, 0.5) is 4.39 Å². The molecule has 1 saturated carbocycles. The number of halogens is 1. The highest BCUT2D eigenvalue weighted by atomic mass is 19.1. The molecular weight excluding hydrogens is 279 g/mol. The van der Waals surface area contributed by atoms with Gasteiger partial charge in [-0.25, -0.2) is 14.2 Å². The number of ether oxygens (including phenoxy) is 2. The van der Waals surface area contributed by atoms with Gasteiger partial charge in [0, 0.05) is 18.3 Å². The molecule has 2 bridgehead atoms. The molecule has 8 atom stereocenters. The highest BCUT2D eigenvalue weighted by Gasteiger charge is 2.71. The van der Waals surface area contributed by atoms with Crippen LogP contribution < -0.4 is 0 Å². The van der Waals surface area contributed by atoms with Gasteiger partial charge in [-0.1, -0.05) is 13.8 Å². The summed E-state index contributed by atoms with van der Waals surface area (Å²) >= 11 is 0. The second-order valence-corrected chi connectivity index (χ2v) is 7.19. The standard InChI is InChI=1S/C15H21FO5/c1-7-9-4-5-14(3)19-13-15(9,21-20-14)10(6-11(7)16)8(2)12(17)18-13/h7-11,13H,4-6H2,1-3H3/t7-,8+,9?,10?,11+,13+,14-,15+/m0/s1. The van der Waals surface area contributed by atoms with Crippen LogP contribution in [0.25, 0.3) is 0 Å². The van der Waals surface area contributed by atoms with Crippen LogP contribution in [-0.2, 0) is 24.0 Å². The Balaban J connectivity index is 1.85. The summed E-state index contributed by atoms with van der Waals surface area (Å²) in [6.45, 7) is 5.46. The Morgan fingerprint density at radius 2 is 2.00 bits per heavy atom. The van der Waals surface area contributed by atoms with Gasteiger partial charge in [-0.2, -0.15) is 0 Å². The molecule has 4 aliphatic heterocycles. The van der Waals surface area contributed by atoms with Crippen LogP contribution in [0.3, 0.4) is 0 Å². The zero-order valence-electron chi connectivity index (χ0n) is 12.5. The Labute approximate surface area is 123 Å². The van der Waals surface area contributed by atoms with Crippen LogP contribution >= 0.6 is 0 Å². The van der Waals surface area contributed by atoms with Gasteiger partial charge in [0.05, 0.1) is 5.92 Å². The van der Waals surface area contributed by atoms with Crippen molar-refractivity contribution >= 4 is 5.97 Å². The lowest BCUT2D eigenvalue weighted by atomic mass is 9.57. The average Bonchev–Trinajstić information content (AvgIpc) is 2.66. The van der Waals surface area contributed by atoms with Crippen molar-refractivity contribution in [3.63, 3.8) is 0 Å². The minimum atomic E-state index is -0.937. The number of hydrogen-bond acceptors (Lipinski definition) is 5. The monoisotopic (exact) mass is 300 g/mol. The molecule has 0 aromatic carbocycles. The number of carbonyl (C=O) groups is 1. The van der Waals surface area contributed by atoms with E-state index in [4.69, 9.17) is 19.2 Å². The van der Waals surface area contributed by atoms with Crippen molar-refractivity contribution in [2.75, 3.05) is 0 Å². The van der Waals surface area contributed by atoms with Crippen LogP contribution in [-0.4, -0.2) is 29.8 Å². The van der Waals surface area contributed by atoms with E-state index in [1.54, 1.807) is 13.8 Å². The molecule has 118 valence electrons.